The second-order valence-electron chi connectivity index (χ2n) is 4.53. The van der Waals surface area contributed by atoms with Crippen LogP contribution in [-0.2, 0) is 11.3 Å². The Morgan fingerprint density at radius 3 is 2.89 bits per heavy atom. The summed E-state index contributed by atoms with van der Waals surface area (Å²) in [5.74, 6) is 0.839. The fourth-order valence-electron chi connectivity index (χ4n) is 2.04. The zero-order chi connectivity index (χ0) is 12.8. The molecule has 1 saturated heterocycles. The highest BCUT2D eigenvalue weighted by atomic mass is 16.1. The summed E-state index contributed by atoms with van der Waals surface area (Å²) in [6.45, 7) is 4.39. The quantitative estimate of drug-likeness (QED) is 0.877. The van der Waals surface area contributed by atoms with Gasteiger partial charge in [0, 0.05) is 25.7 Å². The number of nitrogens with one attached hydrogen (secondary N) is 1. The zero-order valence-corrected chi connectivity index (χ0v) is 10.9. The number of piperidine rings is 1. The number of carbonyl (C=O) groups excluding carboxylic acids is 1. The van der Waals surface area contributed by atoms with Gasteiger partial charge in [0.25, 0.3) is 0 Å². The monoisotopic (exact) mass is 248 g/mol. The first-order valence-corrected chi connectivity index (χ1v) is 6.63. The lowest BCUT2D eigenvalue weighted by molar-refractivity contribution is -0.120. The Balaban J connectivity index is 1.98. The molecule has 1 N–H and O–H groups in total. The van der Waals surface area contributed by atoms with Crippen molar-refractivity contribution in [1.82, 2.24) is 15.3 Å². The normalized spacial score (nSPS) is 15.5. The SMILES string of the molecule is CCC(=O)NCc1ccnc(N2CCCCC2)n1. The summed E-state index contributed by atoms with van der Waals surface area (Å²) in [4.78, 5) is 22.2. The van der Waals surface area contributed by atoms with Crippen molar-refractivity contribution in [3.8, 4) is 0 Å². The van der Waals surface area contributed by atoms with Crippen LogP contribution in [0.3, 0.4) is 0 Å². The molecule has 1 fully saturated rings. The number of rotatable bonds is 4. The van der Waals surface area contributed by atoms with Gasteiger partial charge in [0.15, 0.2) is 0 Å². The molecule has 1 aromatic rings. The maximum Gasteiger partial charge on any atom is 0.225 e. The maximum absolute atomic E-state index is 11.2. The Labute approximate surface area is 108 Å². The number of hydrogen-bond donors (Lipinski definition) is 1. The van der Waals surface area contributed by atoms with Crippen LogP contribution in [0.2, 0.25) is 0 Å². The molecule has 1 aromatic heterocycles. The van der Waals surface area contributed by atoms with Crippen molar-refractivity contribution in [3.63, 3.8) is 0 Å². The van der Waals surface area contributed by atoms with Gasteiger partial charge in [-0.1, -0.05) is 6.92 Å². The van der Waals surface area contributed by atoms with E-state index in [9.17, 15) is 4.79 Å². The van der Waals surface area contributed by atoms with Gasteiger partial charge < -0.3 is 10.2 Å². The second kappa shape index (κ2) is 6.33. The van der Waals surface area contributed by atoms with E-state index < -0.39 is 0 Å². The molecule has 5 nitrogen and oxygen atoms in total. The summed E-state index contributed by atoms with van der Waals surface area (Å²) < 4.78 is 0. The summed E-state index contributed by atoms with van der Waals surface area (Å²) >= 11 is 0. The molecular weight excluding hydrogens is 228 g/mol. The molecular formula is C13H20N4O. The van der Waals surface area contributed by atoms with Crippen molar-refractivity contribution in [2.75, 3.05) is 18.0 Å². The predicted octanol–water partition coefficient (Wildman–Crippen LogP) is 1.49. The van der Waals surface area contributed by atoms with Gasteiger partial charge in [-0.3, -0.25) is 4.79 Å². The molecule has 0 aliphatic carbocycles. The minimum absolute atomic E-state index is 0.0492. The van der Waals surface area contributed by atoms with E-state index in [2.05, 4.69) is 20.2 Å². The smallest absolute Gasteiger partial charge is 0.225 e. The number of nitrogens with zero attached hydrogens (tertiary/aromatic N) is 3. The Kier molecular flexibility index (Phi) is 4.50. The fourth-order valence-corrected chi connectivity index (χ4v) is 2.04. The van der Waals surface area contributed by atoms with Gasteiger partial charge in [0.1, 0.15) is 0 Å². The van der Waals surface area contributed by atoms with E-state index in [1.54, 1.807) is 6.20 Å². The Hall–Kier alpha value is -1.65. The topological polar surface area (TPSA) is 58.1 Å². The number of carbonyl (C=O) groups is 1. The van der Waals surface area contributed by atoms with Gasteiger partial charge in [-0.2, -0.15) is 0 Å². The van der Waals surface area contributed by atoms with Gasteiger partial charge in [-0.05, 0) is 25.3 Å². The molecule has 98 valence electrons. The van der Waals surface area contributed by atoms with Crippen LogP contribution in [-0.4, -0.2) is 29.0 Å². The van der Waals surface area contributed by atoms with E-state index in [1.807, 2.05) is 13.0 Å². The molecule has 2 heterocycles. The summed E-state index contributed by atoms with van der Waals surface area (Å²) in [6, 6.07) is 1.85. The highest BCUT2D eigenvalue weighted by Crippen LogP contribution is 2.15. The molecule has 1 aliphatic heterocycles. The van der Waals surface area contributed by atoms with Crippen molar-refractivity contribution in [2.24, 2.45) is 0 Å². The standard InChI is InChI=1S/C13H20N4O/c1-2-12(18)15-10-11-6-7-14-13(16-11)17-8-4-3-5-9-17/h6-7H,2-5,8-10H2,1H3,(H,15,18). The van der Waals surface area contributed by atoms with E-state index in [0.29, 0.717) is 13.0 Å². The van der Waals surface area contributed by atoms with Crippen molar-refractivity contribution in [2.45, 2.75) is 39.2 Å². The first kappa shape index (κ1) is 12.8. The molecule has 0 radical (unpaired) electrons. The minimum atomic E-state index is 0.0492. The van der Waals surface area contributed by atoms with E-state index in [4.69, 9.17) is 0 Å². The Morgan fingerprint density at radius 2 is 2.17 bits per heavy atom. The number of anilines is 1. The summed E-state index contributed by atoms with van der Waals surface area (Å²) in [6.07, 6.45) is 5.98. The van der Waals surface area contributed by atoms with Crippen molar-refractivity contribution < 1.29 is 4.79 Å². The third-order valence-corrected chi connectivity index (χ3v) is 3.13. The van der Waals surface area contributed by atoms with Crippen LogP contribution in [0.1, 0.15) is 38.3 Å². The van der Waals surface area contributed by atoms with E-state index in [0.717, 1.165) is 24.7 Å². The lowest BCUT2D eigenvalue weighted by atomic mass is 10.1. The van der Waals surface area contributed by atoms with Crippen molar-refractivity contribution >= 4 is 11.9 Å². The molecule has 2 rings (SSSR count). The highest BCUT2D eigenvalue weighted by Gasteiger charge is 2.13. The second-order valence-corrected chi connectivity index (χ2v) is 4.53. The molecule has 1 aliphatic rings. The molecule has 0 aromatic carbocycles. The predicted molar refractivity (Wildman–Crippen MR) is 70.2 cm³/mol. The largest absolute Gasteiger partial charge is 0.350 e. The summed E-state index contributed by atoms with van der Waals surface area (Å²) in [5, 5.41) is 2.83. The van der Waals surface area contributed by atoms with E-state index in [1.165, 1.54) is 19.3 Å². The molecule has 0 bridgehead atoms. The molecule has 0 saturated carbocycles. The van der Waals surface area contributed by atoms with Crippen LogP contribution < -0.4 is 10.2 Å². The maximum atomic E-state index is 11.2. The Bertz CT molecular complexity index is 402. The lowest BCUT2D eigenvalue weighted by Gasteiger charge is -2.26. The van der Waals surface area contributed by atoms with Crippen molar-refractivity contribution in [1.29, 1.82) is 0 Å². The molecule has 5 heteroatoms. The van der Waals surface area contributed by atoms with Crippen molar-refractivity contribution in [3.05, 3.63) is 18.0 Å². The molecule has 1 amide bonds. The highest BCUT2D eigenvalue weighted by molar-refractivity contribution is 5.75. The summed E-state index contributed by atoms with van der Waals surface area (Å²) in [7, 11) is 0. The van der Waals surface area contributed by atoms with Crippen LogP contribution in [0.25, 0.3) is 0 Å². The summed E-state index contributed by atoms with van der Waals surface area (Å²) in [5.41, 5.74) is 0.868. The van der Waals surface area contributed by atoms with Crippen LogP contribution in [0.4, 0.5) is 5.95 Å². The van der Waals surface area contributed by atoms with Crippen LogP contribution in [0.5, 0.6) is 0 Å². The number of amides is 1. The first-order valence-electron chi connectivity index (χ1n) is 6.63. The minimum Gasteiger partial charge on any atom is -0.350 e. The number of aromatic nitrogens is 2. The van der Waals surface area contributed by atoms with Gasteiger partial charge in [0.05, 0.1) is 12.2 Å². The lowest BCUT2D eigenvalue weighted by Crippen LogP contribution is -2.31. The van der Waals surface area contributed by atoms with E-state index >= 15 is 0 Å². The van der Waals surface area contributed by atoms with E-state index in [-0.39, 0.29) is 5.91 Å². The fraction of sp³-hybridized carbons (Fsp3) is 0.615. The molecule has 0 unspecified atom stereocenters. The first-order chi connectivity index (χ1) is 8.79. The third-order valence-electron chi connectivity index (χ3n) is 3.13. The van der Waals surface area contributed by atoms with Gasteiger partial charge in [0.2, 0.25) is 11.9 Å². The average Bonchev–Trinajstić information content (AvgIpc) is 2.46. The van der Waals surface area contributed by atoms with Gasteiger partial charge in [-0.25, -0.2) is 9.97 Å². The molecule has 0 spiro atoms. The Morgan fingerprint density at radius 1 is 1.39 bits per heavy atom. The molecule has 0 atom stereocenters. The van der Waals surface area contributed by atoms with Crippen LogP contribution >= 0.6 is 0 Å². The van der Waals surface area contributed by atoms with Gasteiger partial charge >= 0.3 is 0 Å². The zero-order valence-electron chi connectivity index (χ0n) is 10.9. The molecule has 18 heavy (non-hydrogen) atoms. The van der Waals surface area contributed by atoms with Gasteiger partial charge in [-0.15, -0.1) is 0 Å². The third kappa shape index (κ3) is 3.42. The van der Waals surface area contributed by atoms with Crippen LogP contribution in [0, 0.1) is 0 Å². The number of hydrogen-bond acceptors (Lipinski definition) is 4. The average molecular weight is 248 g/mol. The van der Waals surface area contributed by atoms with Crippen LogP contribution in [0.15, 0.2) is 12.3 Å².